The zero-order valence-electron chi connectivity index (χ0n) is 11.5. The van der Waals surface area contributed by atoms with Crippen molar-refractivity contribution in [3.05, 3.63) is 24.4 Å². The minimum Gasteiger partial charge on any atom is -0.351 e. The molecule has 2 aromatic rings. The van der Waals surface area contributed by atoms with Crippen molar-refractivity contribution >= 4 is 23.3 Å². The van der Waals surface area contributed by atoms with Gasteiger partial charge >= 0.3 is 0 Å². The van der Waals surface area contributed by atoms with Gasteiger partial charge in [-0.05, 0) is 39.8 Å². The molecular weight excluding hydrogens is 260 g/mol. The van der Waals surface area contributed by atoms with Crippen molar-refractivity contribution < 1.29 is 4.79 Å². The maximum atomic E-state index is 12.0. The lowest BCUT2D eigenvalue weighted by molar-refractivity contribution is -0.121. The summed E-state index contributed by atoms with van der Waals surface area (Å²) in [6, 6.07) is 5.71. The number of hydrogen-bond acceptors (Lipinski definition) is 4. The first-order valence-electron chi connectivity index (χ1n) is 6.15. The fraction of sp³-hybridized carbons (Fsp3) is 0.462. The summed E-state index contributed by atoms with van der Waals surface area (Å²) in [5.41, 5.74) is 0.562. The Kier molecular flexibility index (Phi) is 3.80. The molecule has 0 unspecified atom stereocenters. The van der Waals surface area contributed by atoms with E-state index in [0.29, 0.717) is 0 Å². The van der Waals surface area contributed by atoms with E-state index in [2.05, 4.69) is 15.5 Å². The van der Waals surface area contributed by atoms with E-state index in [4.69, 9.17) is 0 Å². The van der Waals surface area contributed by atoms with Crippen LogP contribution in [0.25, 0.3) is 5.65 Å². The number of hydrogen-bond donors (Lipinski definition) is 1. The lowest BCUT2D eigenvalue weighted by Crippen LogP contribution is -2.44. The Bertz CT molecular complexity index is 588. The fourth-order valence-corrected chi connectivity index (χ4v) is 2.42. The molecule has 1 atom stereocenters. The highest BCUT2D eigenvalue weighted by molar-refractivity contribution is 8.00. The normalized spacial score (nSPS) is 13.5. The zero-order valence-corrected chi connectivity index (χ0v) is 12.4. The van der Waals surface area contributed by atoms with Crippen molar-refractivity contribution in [2.45, 2.75) is 43.6 Å². The van der Waals surface area contributed by atoms with Gasteiger partial charge in [-0.1, -0.05) is 17.8 Å². The average molecular weight is 278 g/mol. The average Bonchev–Trinajstić information content (AvgIpc) is 2.70. The van der Waals surface area contributed by atoms with Crippen LogP contribution < -0.4 is 5.32 Å². The molecule has 0 radical (unpaired) electrons. The predicted octanol–water partition coefficient (Wildman–Crippen LogP) is 2.12. The topological polar surface area (TPSA) is 59.3 Å². The highest BCUT2D eigenvalue weighted by Gasteiger charge is 2.21. The Morgan fingerprint density at radius 2 is 2.11 bits per heavy atom. The largest absolute Gasteiger partial charge is 0.351 e. The summed E-state index contributed by atoms with van der Waals surface area (Å²) in [5, 5.41) is 11.7. The summed E-state index contributed by atoms with van der Waals surface area (Å²) in [5.74, 6) is 0.00480. The van der Waals surface area contributed by atoms with Gasteiger partial charge in [0.15, 0.2) is 10.8 Å². The summed E-state index contributed by atoms with van der Waals surface area (Å²) in [7, 11) is 0. The van der Waals surface area contributed by atoms with Crippen LogP contribution in [0.3, 0.4) is 0 Å². The van der Waals surface area contributed by atoms with Crippen LogP contribution in [-0.4, -0.2) is 31.3 Å². The minimum atomic E-state index is -0.223. The molecule has 0 aliphatic rings. The van der Waals surface area contributed by atoms with E-state index in [1.807, 2.05) is 56.5 Å². The number of thioether (sulfide) groups is 1. The third-order valence-electron chi connectivity index (χ3n) is 2.43. The van der Waals surface area contributed by atoms with Crippen LogP contribution in [0, 0.1) is 0 Å². The standard InChI is InChI=1S/C13H18N4OS/c1-9(11(18)14-13(2,3)4)19-12-16-15-10-7-5-6-8-17(10)12/h5-9H,1-4H3,(H,14,18)/t9-/m1/s1. The van der Waals surface area contributed by atoms with E-state index in [1.165, 1.54) is 11.8 Å². The third-order valence-corrected chi connectivity index (χ3v) is 3.49. The van der Waals surface area contributed by atoms with E-state index >= 15 is 0 Å². The lowest BCUT2D eigenvalue weighted by atomic mass is 10.1. The molecule has 2 heterocycles. The van der Waals surface area contributed by atoms with Gasteiger partial charge in [0.2, 0.25) is 5.91 Å². The quantitative estimate of drug-likeness (QED) is 0.874. The molecule has 1 N–H and O–H groups in total. The number of nitrogens with one attached hydrogen (secondary N) is 1. The molecule has 0 saturated heterocycles. The van der Waals surface area contributed by atoms with E-state index in [9.17, 15) is 4.79 Å². The molecule has 2 aromatic heterocycles. The van der Waals surface area contributed by atoms with E-state index < -0.39 is 0 Å². The van der Waals surface area contributed by atoms with E-state index in [0.717, 1.165) is 10.8 Å². The Labute approximate surface area is 116 Å². The van der Waals surface area contributed by atoms with E-state index in [1.54, 1.807) is 0 Å². The summed E-state index contributed by atoms with van der Waals surface area (Å²) in [4.78, 5) is 12.0. The molecule has 0 fully saturated rings. The van der Waals surface area contributed by atoms with Crippen molar-refractivity contribution in [1.29, 1.82) is 0 Å². The lowest BCUT2D eigenvalue weighted by Gasteiger charge is -2.22. The molecule has 0 saturated carbocycles. The van der Waals surface area contributed by atoms with Crippen molar-refractivity contribution in [2.24, 2.45) is 0 Å². The van der Waals surface area contributed by atoms with Crippen LogP contribution >= 0.6 is 11.8 Å². The number of carbonyl (C=O) groups excluding carboxylic acids is 1. The van der Waals surface area contributed by atoms with Crippen molar-refractivity contribution in [1.82, 2.24) is 19.9 Å². The maximum absolute atomic E-state index is 12.0. The second-order valence-electron chi connectivity index (χ2n) is 5.41. The van der Waals surface area contributed by atoms with Crippen LogP contribution in [0.4, 0.5) is 0 Å². The highest BCUT2D eigenvalue weighted by Crippen LogP contribution is 2.22. The molecule has 2 rings (SSSR count). The third kappa shape index (κ3) is 3.47. The van der Waals surface area contributed by atoms with Gasteiger partial charge in [0.05, 0.1) is 5.25 Å². The molecular formula is C13H18N4OS. The first kappa shape index (κ1) is 13.9. The SMILES string of the molecule is C[C@@H](Sc1nnc2ccccn12)C(=O)NC(C)(C)C. The molecule has 0 bridgehead atoms. The van der Waals surface area contributed by atoms with E-state index in [-0.39, 0.29) is 16.7 Å². The molecule has 5 nitrogen and oxygen atoms in total. The van der Waals surface area contributed by atoms with Gasteiger partial charge in [-0.3, -0.25) is 9.20 Å². The minimum absolute atomic E-state index is 0.00480. The van der Waals surface area contributed by atoms with Crippen molar-refractivity contribution in [3.63, 3.8) is 0 Å². The van der Waals surface area contributed by atoms with Crippen LogP contribution in [0.1, 0.15) is 27.7 Å². The molecule has 0 aromatic carbocycles. The molecule has 6 heteroatoms. The van der Waals surface area contributed by atoms with Gasteiger partial charge in [0.1, 0.15) is 0 Å². The summed E-state index contributed by atoms with van der Waals surface area (Å²) in [6.45, 7) is 7.77. The molecule has 1 amide bonds. The van der Waals surface area contributed by atoms with Gasteiger partial charge in [0.25, 0.3) is 0 Å². The Morgan fingerprint density at radius 3 is 2.79 bits per heavy atom. The number of nitrogens with zero attached hydrogens (tertiary/aromatic N) is 3. The molecule has 0 aliphatic heterocycles. The zero-order chi connectivity index (χ0) is 14.0. The smallest absolute Gasteiger partial charge is 0.233 e. The predicted molar refractivity (Wildman–Crippen MR) is 76.2 cm³/mol. The number of fused-ring (bicyclic) bond motifs is 1. The summed E-state index contributed by atoms with van der Waals surface area (Å²) < 4.78 is 1.88. The number of rotatable bonds is 3. The van der Waals surface area contributed by atoms with Gasteiger partial charge < -0.3 is 5.32 Å². The van der Waals surface area contributed by atoms with Gasteiger partial charge in [-0.25, -0.2) is 0 Å². The fourth-order valence-electron chi connectivity index (χ4n) is 1.58. The van der Waals surface area contributed by atoms with Gasteiger partial charge in [-0.15, -0.1) is 10.2 Å². The second kappa shape index (κ2) is 5.21. The monoisotopic (exact) mass is 278 g/mol. The van der Waals surface area contributed by atoms with Crippen molar-refractivity contribution in [2.75, 3.05) is 0 Å². The number of pyridine rings is 1. The van der Waals surface area contributed by atoms with Crippen LogP contribution in [0.2, 0.25) is 0 Å². The van der Waals surface area contributed by atoms with Crippen molar-refractivity contribution in [3.8, 4) is 0 Å². The second-order valence-corrected chi connectivity index (χ2v) is 6.72. The Balaban J connectivity index is 2.10. The summed E-state index contributed by atoms with van der Waals surface area (Å²) in [6.07, 6.45) is 1.89. The maximum Gasteiger partial charge on any atom is 0.233 e. The van der Waals surface area contributed by atoms with Gasteiger partial charge in [0, 0.05) is 11.7 Å². The number of amides is 1. The number of aromatic nitrogens is 3. The van der Waals surface area contributed by atoms with Crippen LogP contribution in [0.15, 0.2) is 29.6 Å². The summed E-state index contributed by atoms with van der Waals surface area (Å²) >= 11 is 1.41. The molecule has 0 aliphatic carbocycles. The van der Waals surface area contributed by atoms with Crippen LogP contribution in [-0.2, 0) is 4.79 Å². The highest BCUT2D eigenvalue weighted by atomic mass is 32.2. The Morgan fingerprint density at radius 1 is 1.37 bits per heavy atom. The first-order valence-corrected chi connectivity index (χ1v) is 7.03. The molecule has 0 spiro atoms. The number of carbonyl (C=O) groups is 1. The first-order chi connectivity index (χ1) is 8.87. The van der Waals surface area contributed by atoms with Crippen LogP contribution in [0.5, 0.6) is 0 Å². The van der Waals surface area contributed by atoms with Gasteiger partial charge in [-0.2, -0.15) is 0 Å². The molecule has 19 heavy (non-hydrogen) atoms. The Hall–Kier alpha value is -1.56. The molecule has 102 valence electrons.